The lowest BCUT2D eigenvalue weighted by atomic mass is 9.89. The van der Waals surface area contributed by atoms with Gasteiger partial charge in [-0.3, -0.25) is 0 Å². The number of nitrogens with one attached hydrogen (secondary N) is 1. The smallest absolute Gasteiger partial charge is 0.196 e. The van der Waals surface area contributed by atoms with Gasteiger partial charge in [0.2, 0.25) is 0 Å². The highest BCUT2D eigenvalue weighted by Gasteiger charge is 2.34. The molecule has 1 heterocycles. The van der Waals surface area contributed by atoms with E-state index in [1.165, 1.54) is 36.0 Å². The van der Waals surface area contributed by atoms with Crippen LogP contribution < -0.4 is 11.1 Å². The lowest BCUT2D eigenvalue weighted by Gasteiger charge is -2.34. The van der Waals surface area contributed by atoms with E-state index in [4.69, 9.17) is 10.7 Å². The van der Waals surface area contributed by atoms with Crippen molar-refractivity contribution in [3.63, 3.8) is 0 Å². The molecule has 1 aliphatic heterocycles. The Bertz CT molecular complexity index is 575. The Balaban J connectivity index is 1.84. The Morgan fingerprint density at radius 2 is 1.71 bits per heavy atom. The fourth-order valence-corrected chi connectivity index (χ4v) is 3.49. The number of aryl methyl sites for hydroxylation is 2. The molecule has 3 rings (SSSR count). The maximum atomic E-state index is 6.00. The summed E-state index contributed by atoms with van der Waals surface area (Å²) in [6.45, 7) is 4.26. The third-order valence-corrected chi connectivity index (χ3v) is 4.25. The average Bonchev–Trinajstić information content (AvgIpc) is 2.36. The van der Waals surface area contributed by atoms with E-state index in [0.29, 0.717) is 5.96 Å². The number of nitrogens with zero attached hydrogens (tertiary/aromatic N) is 2. The van der Waals surface area contributed by atoms with E-state index >= 15 is 0 Å². The summed E-state index contributed by atoms with van der Waals surface area (Å²) < 4.78 is 0. The number of amidine groups is 1. The monoisotopic (exact) mass is 284 g/mol. The van der Waals surface area contributed by atoms with Crippen LogP contribution in [0.3, 0.4) is 0 Å². The molecule has 112 valence electrons. The van der Waals surface area contributed by atoms with Crippen LogP contribution >= 0.6 is 0 Å². The number of rotatable bonds is 2. The minimum atomic E-state index is -0.290. The number of nitrogens with two attached hydrogens (primary N) is 1. The maximum absolute atomic E-state index is 6.00. The van der Waals surface area contributed by atoms with E-state index in [1.807, 2.05) is 0 Å². The third kappa shape index (κ3) is 3.26. The molecule has 0 atom stereocenters. The molecular weight excluding hydrogens is 260 g/mol. The average molecular weight is 284 g/mol. The van der Waals surface area contributed by atoms with Gasteiger partial charge >= 0.3 is 0 Å². The number of guanidine groups is 1. The summed E-state index contributed by atoms with van der Waals surface area (Å²) in [5, 5.41) is 3.15. The highest BCUT2D eigenvalue weighted by molar-refractivity contribution is 6.01. The van der Waals surface area contributed by atoms with Crippen molar-refractivity contribution in [1.29, 1.82) is 0 Å². The predicted molar refractivity (Wildman–Crippen MR) is 87.6 cm³/mol. The molecule has 1 aromatic rings. The third-order valence-electron chi connectivity index (χ3n) is 4.25. The quantitative estimate of drug-likeness (QED) is 0.877. The highest BCUT2D eigenvalue weighted by atomic mass is 15.3. The molecule has 0 saturated heterocycles. The Morgan fingerprint density at radius 1 is 1.05 bits per heavy atom. The van der Waals surface area contributed by atoms with E-state index in [9.17, 15) is 0 Å². The van der Waals surface area contributed by atoms with E-state index in [-0.39, 0.29) is 5.66 Å². The topological polar surface area (TPSA) is 62.8 Å². The van der Waals surface area contributed by atoms with Gasteiger partial charge in [-0.2, -0.15) is 0 Å². The lowest BCUT2D eigenvalue weighted by molar-refractivity contribution is 0.306. The van der Waals surface area contributed by atoms with Crippen molar-refractivity contribution in [3.8, 4) is 0 Å². The van der Waals surface area contributed by atoms with Crippen LogP contribution in [0.25, 0.3) is 0 Å². The summed E-state index contributed by atoms with van der Waals surface area (Å²) in [6.07, 6.45) is 6.50. The van der Waals surface area contributed by atoms with Crippen molar-refractivity contribution in [2.75, 3.05) is 0 Å². The van der Waals surface area contributed by atoms with Gasteiger partial charge in [0, 0.05) is 6.42 Å². The molecule has 21 heavy (non-hydrogen) atoms. The fraction of sp³-hybridized carbons (Fsp3) is 0.529. The van der Waals surface area contributed by atoms with Gasteiger partial charge in [0.25, 0.3) is 0 Å². The molecule has 2 aliphatic rings. The van der Waals surface area contributed by atoms with Gasteiger partial charge in [-0.05, 0) is 45.1 Å². The zero-order valence-electron chi connectivity index (χ0n) is 12.9. The highest BCUT2D eigenvalue weighted by Crippen LogP contribution is 2.34. The van der Waals surface area contributed by atoms with Crippen molar-refractivity contribution in [2.24, 2.45) is 15.7 Å². The molecule has 0 radical (unpaired) electrons. The molecule has 4 heteroatoms. The summed E-state index contributed by atoms with van der Waals surface area (Å²) in [6, 6.07) is 6.62. The van der Waals surface area contributed by atoms with E-state index in [2.05, 4.69) is 42.4 Å². The molecule has 1 fully saturated rings. The van der Waals surface area contributed by atoms with Crippen LogP contribution in [0.2, 0.25) is 0 Å². The van der Waals surface area contributed by atoms with Crippen molar-refractivity contribution in [2.45, 2.75) is 58.0 Å². The zero-order valence-corrected chi connectivity index (χ0v) is 12.9. The molecule has 1 aliphatic carbocycles. The number of hydrogen-bond donors (Lipinski definition) is 2. The van der Waals surface area contributed by atoms with Crippen molar-refractivity contribution < 1.29 is 0 Å². The molecular formula is C17H24N4. The van der Waals surface area contributed by atoms with Gasteiger partial charge in [0.05, 0.1) is 0 Å². The second-order valence-electron chi connectivity index (χ2n) is 6.40. The first-order chi connectivity index (χ1) is 10.0. The van der Waals surface area contributed by atoms with Gasteiger partial charge in [-0.25, -0.2) is 9.98 Å². The minimum Gasteiger partial charge on any atom is -0.370 e. The van der Waals surface area contributed by atoms with Crippen molar-refractivity contribution >= 4 is 11.8 Å². The number of aliphatic imine (C=N–C) groups is 2. The van der Waals surface area contributed by atoms with E-state index < -0.39 is 0 Å². The summed E-state index contributed by atoms with van der Waals surface area (Å²) in [5.41, 5.74) is 9.56. The summed E-state index contributed by atoms with van der Waals surface area (Å²) in [7, 11) is 0. The van der Waals surface area contributed by atoms with Crippen LogP contribution in [0.15, 0.2) is 28.2 Å². The Kier molecular flexibility index (Phi) is 3.70. The summed E-state index contributed by atoms with van der Waals surface area (Å²) in [5.74, 6) is 1.47. The molecule has 0 unspecified atom stereocenters. The van der Waals surface area contributed by atoms with Crippen molar-refractivity contribution in [3.05, 3.63) is 34.9 Å². The SMILES string of the molecule is Cc1cc(C)cc(CC2=NC3(CCCCC3)N=C(N)N2)c1. The van der Waals surface area contributed by atoms with Crippen LogP contribution in [0.5, 0.6) is 0 Å². The Morgan fingerprint density at radius 3 is 2.38 bits per heavy atom. The summed E-state index contributed by atoms with van der Waals surface area (Å²) >= 11 is 0. The van der Waals surface area contributed by atoms with Crippen LogP contribution in [0.1, 0.15) is 48.8 Å². The van der Waals surface area contributed by atoms with Crippen LogP contribution in [-0.2, 0) is 6.42 Å². The largest absolute Gasteiger partial charge is 0.370 e. The molecule has 1 saturated carbocycles. The van der Waals surface area contributed by atoms with Crippen LogP contribution in [-0.4, -0.2) is 17.5 Å². The second kappa shape index (κ2) is 5.51. The minimum absolute atomic E-state index is 0.290. The molecule has 3 N–H and O–H groups in total. The molecule has 0 bridgehead atoms. The Labute approximate surface area is 126 Å². The maximum Gasteiger partial charge on any atom is 0.196 e. The molecule has 1 spiro atoms. The molecule has 0 amide bonds. The zero-order chi connectivity index (χ0) is 14.9. The fourth-order valence-electron chi connectivity index (χ4n) is 3.49. The van der Waals surface area contributed by atoms with Gasteiger partial charge in [-0.15, -0.1) is 0 Å². The number of hydrogen-bond acceptors (Lipinski definition) is 4. The van der Waals surface area contributed by atoms with E-state index in [0.717, 1.165) is 25.1 Å². The molecule has 1 aromatic carbocycles. The second-order valence-corrected chi connectivity index (χ2v) is 6.40. The van der Waals surface area contributed by atoms with E-state index in [1.54, 1.807) is 0 Å². The van der Waals surface area contributed by atoms with Gasteiger partial charge in [0.15, 0.2) is 11.6 Å². The molecule has 4 nitrogen and oxygen atoms in total. The van der Waals surface area contributed by atoms with Crippen LogP contribution in [0.4, 0.5) is 0 Å². The van der Waals surface area contributed by atoms with Gasteiger partial charge in [0.1, 0.15) is 5.84 Å². The molecule has 0 aromatic heterocycles. The predicted octanol–water partition coefficient (Wildman–Crippen LogP) is 2.82. The lowest BCUT2D eigenvalue weighted by Crippen LogP contribution is -2.47. The normalized spacial score (nSPS) is 20.7. The number of benzene rings is 1. The first-order valence-electron chi connectivity index (χ1n) is 7.83. The first kappa shape index (κ1) is 14.1. The van der Waals surface area contributed by atoms with Gasteiger partial charge < -0.3 is 11.1 Å². The van der Waals surface area contributed by atoms with Gasteiger partial charge in [-0.1, -0.05) is 35.7 Å². The first-order valence-corrected chi connectivity index (χ1v) is 7.83. The van der Waals surface area contributed by atoms with Crippen LogP contribution in [0, 0.1) is 13.8 Å². The summed E-state index contributed by atoms with van der Waals surface area (Å²) in [4.78, 5) is 9.51. The Hall–Kier alpha value is -1.84. The standard InChI is InChI=1S/C17H24N4/c1-12-8-13(2)10-14(9-12)11-15-19-16(18)21-17(20-15)6-4-3-5-7-17/h8-10H,3-7,11H2,1-2H3,(H3,18,19,20,21). The van der Waals surface area contributed by atoms with Crippen molar-refractivity contribution in [1.82, 2.24) is 5.32 Å².